The van der Waals surface area contributed by atoms with Crippen molar-refractivity contribution >= 4 is 5.69 Å². The van der Waals surface area contributed by atoms with E-state index in [4.69, 9.17) is 4.74 Å². The number of hydrogen-bond donors (Lipinski definition) is 1. The van der Waals surface area contributed by atoms with Crippen molar-refractivity contribution in [3.63, 3.8) is 0 Å². The maximum atomic E-state index is 11.0. The van der Waals surface area contributed by atoms with Crippen LogP contribution in [-0.4, -0.2) is 35.2 Å². The number of aromatic hydroxyl groups is 1. The number of phenolic OH excluding ortho intramolecular Hbond substituents is 1. The largest absolute Gasteiger partial charge is 0.504 e. The van der Waals surface area contributed by atoms with Crippen LogP contribution >= 0.6 is 0 Å². The third-order valence-corrected chi connectivity index (χ3v) is 6.06. The number of nitrogens with zero attached hydrogens (tertiary/aromatic N) is 2. The fourth-order valence-electron chi connectivity index (χ4n) is 4.59. The highest BCUT2D eigenvalue weighted by atomic mass is 16.6. The van der Waals surface area contributed by atoms with E-state index in [9.17, 15) is 15.2 Å². The molecule has 0 bridgehead atoms. The van der Waals surface area contributed by atoms with Gasteiger partial charge in [0.25, 0.3) is 5.69 Å². The molecule has 0 aliphatic carbocycles. The lowest BCUT2D eigenvalue weighted by molar-refractivity contribution is -0.948. The molecule has 154 valence electrons. The standard InChI is InChI=1S/C24H24N2O4/c1-26(16-17-8-10-20(11-9-17)25(28)29)13-12-19-14-22(27)23(30-2)15-21(19)24(26)18-6-4-3-5-7-18/h3-11,14-15,24H,12-13,16H2,1-2H3/p+1/t24-,26-/m0/s1. The quantitative estimate of drug-likeness (QED) is 0.382. The average molecular weight is 405 g/mol. The Kier molecular flexibility index (Phi) is 5.18. The first-order valence-corrected chi connectivity index (χ1v) is 9.93. The summed E-state index contributed by atoms with van der Waals surface area (Å²) in [5.41, 5.74) is 4.62. The monoisotopic (exact) mass is 405 g/mol. The first-order chi connectivity index (χ1) is 14.4. The minimum absolute atomic E-state index is 0.0552. The summed E-state index contributed by atoms with van der Waals surface area (Å²) < 4.78 is 6.12. The Balaban J connectivity index is 1.79. The average Bonchev–Trinajstić information content (AvgIpc) is 2.74. The predicted octanol–water partition coefficient (Wildman–Crippen LogP) is 4.60. The molecule has 1 N–H and O–H groups in total. The molecular weight excluding hydrogens is 380 g/mol. The molecule has 0 radical (unpaired) electrons. The zero-order chi connectivity index (χ0) is 21.3. The third-order valence-electron chi connectivity index (χ3n) is 6.06. The molecule has 6 nitrogen and oxygen atoms in total. The summed E-state index contributed by atoms with van der Waals surface area (Å²) in [4.78, 5) is 10.6. The van der Waals surface area contributed by atoms with Crippen LogP contribution in [0.3, 0.4) is 0 Å². The topological polar surface area (TPSA) is 72.6 Å². The van der Waals surface area contributed by atoms with Crippen LogP contribution in [0.1, 0.15) is 28.3 Å². The molecule has 0 fully saturated rings. The molecule has 0 amide bonds. The summed E-state index contributed by atoms with van der Waals surface area (Å²) in [6, 6.07) is 21.0. The molecule has 0 spiro atoms. The lowest BCUT2D eigenvalue weighted by atomic mass is 9.85. The Morgan fingerprint density at radius 1 is 1.13 bits per heavy atom. The van der Waals surface area contributed by atoms with E-state index in [2.05, 4.69) is 19.2 Å². The van der Waals surface area contributed by atoms with Gasteiger partial charge in [0, 0.05) is 35.2 Å². The summed E-state index contributed by atoms with van der Waals surface area (Å²) in [7, 11) is 3.79. The van der Waals surface area contributed by atoms with Crippen LogP contribution in [0.4, 0.5) is 5.69 Å². The second-order valence-electron chi connectivity index (χ2n) is 8.07. The van der Waals surface area contributed by atoms with E-state index < -0.39 is 0 Å². The summed E-state index contributed by atoms with van der Waals surface area (Å²) in [5.74, 6) is 0.632. The van der Waals surface area contributed by atoms with Crippen LogP contribution in [0.5, 0.6) is 11.5 Å². The molecule has 1 aliphatic rings. The van der Waals surface area contributed by atoms with Crippen molar-refractivity contribution in [2.45, 2.75) is 19.0 Å². The fourth-order valence-corrected chi connectivity index (χ4v) is 4.59. The van der Waals surface area contributed by atoms with Crippen molar-refractivity contribution in [1.29, 1.82) is 0 Å². The number of likely N-dealkylation sites (N-methyl/N-ethyl adjacent to an activating group) is 1. The summed E-state index contributed by atoms with van der Waals surface area (Å²) in [6.07, 6.45) is 0.833. The van der Waals surface area contributed by atoms with Gasteiger partial charge < -0.3 is 14.3 Å². The molecule has 30 heavy (non-hydrogen) atoms. The highest BCUT2D eigenvalue weighted by Crippen LogP contribution is 2.44. The molecule has 1 aliphatic heterocycles. The lowest BCUT2D eigenvalue weighted by Gasteiger charge is -2.46. The Morgan fingerprint density at radius 2 is 1.83 bits per heavy atom. The predicted molar refractivity (Wildman–Crippen MR) is 114 cm³/mol. The second kappa shape index (κ2) is 7.80. The second-order valence-corrected chi connectivity index (χ2v) is 8.07. The van der Waals surface area contributed by atoms with Crippen molar-refractivity contribution in [3.05, 3.63) is 99.1 Å². The summed E-state index contributed by atoms with van der Waals surface area (Å²) in [5, 5.41) is 21.3. The van der Waals surface area contributed by atoms with E-state index in [0.717, 1.165) is 40.7 Å². The van der Waals surface area contributed by atoms with E-state index in [1.54, 1.807) is 19.2 Å². The van der Waals surface area contributed by atoms with Gasteiger partial charge in [-0.15, -0.1) is 0 Å². The molecule has 3 aromatic rings. The van der Waals surface area contributed by atoms with Crippen LogP contribution in [0, 0.1) is 10.1 Å². The zero-order valence-electron chi connectivity index (χ0n) is 17.1. The number of quaternary nitrogens is 1. The van der Waals surface area contributed by atoms with E-state index >= 15 is 0 Å². The third kappa shape index (κ3) is 3.62. The lowest BCUT2D eigenvalue weighted by Crippen LogP contribution is -2.50. The molecule has 0 saturated heterocycles. The zero-order valence-corrected chi connectivity index (χ0v) is 17.1. The Labute approximate surface area is 175 Å². The normalized spacial score (nSPS) is 20.4. The van der Waals surface area contributed by atoms with Gasteiger partial charge in [0.05, 0.1) is 25.6 Å². The minimum atomic E-state index is -0.372. The van der Waals surface area contributed by atoms with Crippen molar-refractivity contribution in [2.24, 2.45) is 0 Å². The maximum absolute atomic E-state index is 11.0. The molecule has 2 atom stereocenters. The van der Waals surface area contributed by atoms with Crippen molar-refractivity contribution in [2.75, 3.05) is 20.7 Å². The number of hydrogen-bond acceptors (Lipinski definition) is 4. The first kappa shape index (κ1) is 19.9. The van der Waals surface area contributed by atoms with Gasteiger partial charge in [-0.05, 0) is 29.8 Å². The maximum Gasteiger partial charge on any atom is 0.269 e. The number of nitro benzene ring substituents is 1. The van der Waals surface area contributed by atoms with E-state index in [1.807, 2.05) is 42.5 Å². The van der Waals surface area contributed by atoms with Gasteiger partial charge in [-0.2, -0.15) is 0 Å². The Hall–Kier alpha value is -3.38. The van der Waals surface area contributed by atoms with Gasteiger partial charge in [-0.1, -0.05) is 30.3 Å². The number of phenols is 1. The van der Waals surface area contributed by atoms with E-state index in [1.165, 1.54) is 5.56 Å². The molecule has 0 aromatic heterocycles. The summed E-state index contributed by atoms with van der Waals surface area (Å²) >= 11 is 0. The number of non-ortho nitro benzene ring substituents is 1. The van der Waals surface area contributed by atoms with Crippen LogP contribution < -0.4 is 4.74 Å². The number of ether oxygens (including phenoxy) is 1. The SMILES string of the molecule is COc1cc2c(cc1O)CC[N@@+](C)(Cc1ccc([N+](=O)[O-])cc1)[C@H]2c1ccccc1. The molecule has 0 saturated carbocycles. The molecule has 6 heteroatoms. The first-order valence-electron chi connectivity index (χ1n) is 9.93. The molecule has 3 aromatic carbocycles. The van der Waals surface area contributed by atoms with Crippen LogP contribution in [0.15, 0.2) is 66.7 Å². The van der Waals surface area contributed by atoms with Crippen molar-refractivity contribution in [1.82, 2.24) is 0 Å². The molecule has 4 rings (SSSR count). The molecular formula is C24H25N2O4+. The molecule has 0 unspecified atom stereocenters. The van der Waals surface area contributed by atoms with Gasteiger partial charge in [0.15, 0.2) is 11.5 Å². The van der Waals surface area contributed by atoms with Crippen molar-refractivity contribution < 1.29 is 19.2 Å². The number of methoxy groups -OCH3 is 1. The van der Waals surface area contributed by atoms with Gasteiger partial charge in [-0.3, -0.25) is 10.1 Å². The Bertz CT molecular complexity index is 1070. The van der Waals surface area contributed by atoms with Gasteiger partial charge in [-0.25, -0.2) is 0 Å². The minimum Gasteiger partial charge on any atom is -0.504 e. The smallest absolute Gasteiger partial charge is 0.269 e. The van der Waals surface area contributed by atoms with E-state index in [0.29, 0.717) is 5.75 Å². The van der Waals surface area contributed by atoms with Crippen molar-refractivity contribution in [3.8, 4) is 11.5 Å². The van der Waals surface area contributed by atoms with Crippen LogP contribution in [-0.2, 0) is 13.0 Å². The summed E-state index contributed by atoms with van der Waals surface area (Å²) in [6.45, 7) is 1.62. The Morgan fingerprint density at radius 3 is 2.47 bits per heavy atom. The van der Waals surface area contributed by atoms with E-state index in [-0.39, 0.29) is 22.4 Å². The van der Waals surface area contributed by atoms with Gasteiger partial charge in [0.2, 0.25) is 0 Å². The fraction of sp³-hybridized carbons (Fsp3) is 0.250. The highest BCUT2D eigenvalue weighted by Gasteiger charge is 2.41. The van der Waals surface area contributed by atoms with Crippen LogP contribution in [0.25, 0.3) is 0 Å². The van der Waals surface area contributed by atoms with Gasteiger partial charge in [0.1, 0.15) is 12.6 Å². The number of benzene rings is 3. The number of nitro groups is 1. The number of fused-ring (bicyclic) bond motifs is 1. The highest BCUT2D eigenvalue weighted by molar-refractivity contribution is 5.50. The van der Waals surface area contributed by atoms with Gasteiger partial charge >= 0.3 is 0 Å². The number of rotatable bonds is 5. The van der Waals surface area contributed by atoms with Crippen LogP contribution in [0.2, 0.25) is 0 Å². The molecule has 1 heterocycles.